The van der Waals surface area contributed by atoms with Gasteiger partial charge in [-0.15, -0.1) is 0 Å². The maximum Gasteiger partial charge on any atom is 0.246 e. The third kappa shape index (κ3) is 6.55. The molecule has 1 aliphatic heterocycles. The third-order valence-corrected chi connectivity index (χ3v) is 4.93. The van der Waals surface area contributed by atoms with Gasteiger partial charge in [0.15, 0.2) is 5.96 Å². The zero-order valence-corrected chi connectivity index (χ0v) is 19.3. The van der Waals surface area contributed by atoms with Crippen LogP contribution in [0.2, 0.25) is 0 Å². The number of benzene rings is 1. The highest BCUT2D eigenvalue weighted by Crippen LogP contribution is 2.17. The Morgan fingerprint density at radius 3 is 2.68 bits per heavy atom. The summed E-state index contributed by atoms with van der Waals surface area (Å²) < 4.78 is 7.59. The van der Waals surface area contributed by atoms with Gasteiger partial charge < -0.3 is 19.9 Å². The van der Waals surface area contributed by atoms with Crippen molar-refractivity contribution in [3.8, 4) is 0 Å². The predicted molar refractivity (Wildman–Crippen MR) is 123 cm³/mol. The van der Waals surface area contributed by atoms with E-state index in [1.54, 1.807) is 15.8 Å². The Kier molecular flexibility index (Phi) is 7.33. The second-order valence-corrected chi connectivity index (χ2v) is 8.73. The molecule has 2 heterocycles. The van der Waals surface area contributed by atoms with Gasteiger partial charge in [0.1, 0.15) is 6.54 Å². The van der Waals surface area contributed by atoms with Crippen LogP contribution in [0.5, 0.6) is 0 Å². The molecule has 0 bridgehead atoms. The molecule has 2 aromatic rings. The summed E-state index contributed by atoms with van der Waals surface area (Å²) in [7, 11) is 1.85. The van der Waals surface area contributed by atoms with Crippen molar-refractivity contribution in [1.82, 2.24) is 20.0 Å². The minimum Gasteiger partial charge on any atom is -0.371 e. The zero-order chi connectivity index (χ0) is 22.4. The summed E-state index contributed by atoms with van der Waals surface area (Å²) >= 11 is 0. The van der Waals surface area contributed by atoms with E-state index in [1.807, 2.05) is 31.1 Å². The van der Waals surface area contributed by atoms with Gasteiger partial charge in [-0.25, -0.2) is 4.99 Å². The number of anilines is 1. The molecule has 0 unspecified atom stereocenters. The molecule has 1 aromatic heterocycles. The molecule has 1 amide bonds. The molecule has 0 atom stereocenters. The molecule has 31 heavy (non-hydrogen) atoms. The van der Waals surface area contributed by atoms with E-state index in [1.165, 1.54) is 0 Å². The molecule has 1 aliphatic rings. The lowest BCUT2D eigenvalue weighted by Crippen LogP contribution is -2.55. The zero-order valence-electron chi connectivity index (χ0n) is 19.3. The van der Waals surface area contributed by atoms with Crippen LogP contribution in [0.3, 0.4) is 0 Å². The van der Waals surface area contributed by atoms with Crippen molar-refractivity contribution in [2.45, 2.75) is 46.4 Å². The quantitative estimate of drug-likeness (QED) is 0.568. The number of aryl methyl sites for hydroxylation is 1. The molecule has 0 spiro atoms. The molecule has 8 nitrogen and oxygen atoms in total. The lowest BCUT2D eigenvalue weighted by atomic mass is 10.1. The number of hydrogen-bond acceptors (Lipinski definition) is 4. The van der Waals surface area contributed by atoms with E-state index in [-0.39, 0.29) is 11.5 Å². The Balaban J connectivity index is 1.65. The van der Waals surface area contributed by atoms with E-state index in [4.69, 9.17) is 9.73 Å². The highest BCUT2D eigenvalue weighted by Gasteiger charge is 2.27. The molecule has 168 valence electrons. The van der Waals surface area contributed by atoms with Crippen LogP contribution in [0.1, 0.15) is 38.8 Å². The van der Waals surface area contributed by atoms with Crippen LogP contribution in [0.4, 0.5) is 5.69 Å². The van der Waals surface area contributed by atoms with Gasteiger partial charge in [0, 0.05) is 32.9 Å². The number of ether oxygens (including phenoxy) is 1. The van der Waals surface area contributed by atoms with Crippen molar-refractivity contribution in [2.24, 2.45) is 12.0 Å². The standard InChI is InChI=1S/C23H34N6O2/c1-6-24-22(25-13-18-8-7-9-19(12-18)17-31-23(2,3)4)28-10-11-29(21(30)16-28)20-14-26-27(5)15-20/h7-9,12,14-15H,6,10-11,13,16-17H2,1-5H3,(H,24,25). The Morgan fingerprint density at radius 1 is 1.26 bits per heavy atom. The number of carbonyl (C=O) groups is 1. The summed E-state index contributed by atoms with van der Waals surface area (Å²) in [6.07, 6.45) is 3.59. The average molecular weight is 427 g/mol. The van der Waals surface area contributed by atoms with Gasteiger partial charge in [0.2, 0.25) is 5.91 Å². The van der Waals surface area contributed by atoms with Crippen molar-refractivity contribution in [2.75, 3.05) is 31.1 Å². The molecule has 8 heteroatoms. The highest BCUT2D eigenvalue weighted by atomic mass is 16.5. The Labute approximate surface area is 184 Å². The Bertz CT molecular complexity index is 915. The molecule has 0 radical (unpaired) electrons. The van der Waals surface area contributed by atoms with Crippen LogP contribution in [0.15, 0.2) is 41.7 Å². The number of nitrogens with one attached hydrogen (secondary N) is 1. The molecule has 1 saturated heterocycles. The van der Waals surface area contributed by atoms with Crippen LogP contribution in [0, 0.1) is 0 Å². The van der Waals surface area contributed by atoms with Crippen molar-refractivity contribution in [1.29, 1.82) is 0 Å². The second kappa shape index (κ2) is 9.96. The van der Waals surface area contributed by atoms with E-state index < -0.39 is 0 Å². The number of carbonyl (C=O) groups excluding carboxylic acids is 1. The first-order valence-corrected chi connectivity index (χ1v) is 10.8. The van der Waals surface area contributed by atoms with E-state index in [0.29, 0.717) is 32.8 Å². The summed E-state index contributed by atoms with van der Waals surface area (Å²) in [6.45, 7) is 11.7. The van der Waals surface area contributed by atoms with Crippen molar-refractivity contribution in [3.63, 3.8) is 0 Å². The lowest BCUT2D eigenvalue weighted by molar-refractivity contribution is -0.120. The minimum absolute atomic E-state index is 0.0474. The summed E-state index contributed by atoms with van der Waals surface area (Å²) in [5, 5.41) is 7.50. The van der Waals surface area contributed by atoms with Gasteiger partial charge in [0.05, 0.1) is 30.6 Å². The van der Waals surface area contributed by atoms with Crippen molar-refractivity contribution in [3.05, 3.63) is 47.8 Å². The number of hydrogen-bond donors (Lipinski definition) is 1. The maximum atomic E-state index is 12.7. The average Bonchev–Trinajstić information content (AvgIpc) is 3.15. The smallest absolute Gasteiger partial charge is 0.246 e. The second-order valence-electron chi connectivity index (χ2n) is 8.73. The molecule has 1 fully saturated rings. The fourth-order valence-electron chi connectivity index (χ4n) is 3.38. The number of piperazine rings is 1. The summed E-state index contributed by atoms with van der Waals surface area (Å²) in [5.74, 6) is 0.809. The van der Waals surface area contributed by atoms with Crippen LogP contribution in [-0.4, -0.2) is 58.3 Å². The van der Waals surface area contributed by atoms with Crippen molar-refractivity contribution >= 4 is 17.6 Å². The first-order chi connectivity index (χ1) is 14.7. The minimum atomic E-state index is -0.170. The van der Waals surface area contributed by atoms with Gasteiger partial charge in [-0.2, -0.15) is 5.10 Å². The number of aliphatic imine (C=N–C) groups is 1. The van der Waals surface area contributed by atoms with E-state index in [0.717, 1.165) is 29.3 Å². The van der Waals surface area contributed by atoms with E-state index in [9.17, 15) is 4.79 Å². The topological polar surface area (TPSA) is 75.0 Å². The molecule has 0 aliphatic carbocycles. The van der Waals surface area contributed by atoms with E-state index >= 15 is 0 Å². The van der Waals surface area contributed by atoms with Crippen LogP contribution < -0.4 is 10.2 Å². The van der Waals surface area contributed by atoms with Gasteiger partial charge in [-0.05, 0) is 38.8 Å². The number of amides is 1. The molecule has 1 N–H and O–H groups in total. The predicted octanol–water partition coefficient (Wildman–Crippen LogP) is 2.55. The van der Waals surface area contributed by atoms with Gasteiger partial charge in [0.25, 0.3) is 0 Å². The number of aromatic nitrogens is 2. The summed E-state index contributed by atoms with van der Waals surface area (Å²) in [6, 6.07) is 8.30. The molecular formula is C23H34N6O2. The first kappa shape index (κ1) is 22.8. The monoisotopic (exact) mass is 426 g/mol. The van der Waals surface area contributed by atoms with Crippen LogP contribution in [0.25, 0.3) is 0 Å². The van der Waals surface area contributed by atoms with Crippen LogP contribution in [-0.2, 0) is 29.7 Å². The number of rotatable bonds is 6. The molecule has 3 rings (SSSR count). The molecular weight excluding hydrogens is 392 g/mol. The Hall–Kier alpha value is -2.87. The lowest BCUT2D eigenvalue weighted by Gasteiger charge is -2.35. The van der Waals surface area contributed by atoms with Crippen LogP contribution >= 0.6 is 0 Å². The largest absolute Gasteiger partial charge is 0.371 e. The van der Waals surface area contributed by atoms with Crippen molar-refractivity contribution < 1.29 is 9.53 Å². The summed E-state index contributed by atoms with van der Waals surface area (Å²) in [5.41, 5.74) is 2.92. The molecule has 0 saturated carbocycles. The van der Waals surface area contributed by atoms with Gasteiger partial charge in [-0.1, -0.05) is 24.3 Å². The Morgan fingerprint density at radius 2 is 2.03 bits per heavy atom. The third-order valence-electron chi connectivity index (χ3n) is 4.93. The normalized spacial score (nSPS) is 15.5. The summed E-state index contributed by atoms with van der Waals surface area (Å²) in [4.78, 5) is 21.3. The number of guanidine groups is 1. The first-order valence-electron chi connectivity index (χ1n) is 10.8. The van der Waals surface area contributed by atoms with Gasteiger partial charge >= 0.3 is 0 Å². The maximum absolute atomic E-state index is 12.7. The number of nitrogens with zero attached hydrogens (tertiary/aromatic N) is 5. The highest BCUT2D eigenvalue weighted by molar-refractivity contribution is 5.98. The fraction of sp³-hybridized carbons (Fsp3) is 0.522. The fourth-order valence-corrected chi connectivity index (χ4v) is 3.38. The SMILES string of the molecule is CCNC(=NCc1cccc(COC(C)(C)C)c1)N1CCN(c2cnn(C)c2)C(=O)C1. The molecule has 1 aromatic carbocycles. The van der Waals surface area contributed by atoms with Gasteiger partial charge in [-0.3, -0.25) is 9.48 Å². The van der Waals surface area contributed by atoms with E-state index in [2.05, 4.69) is 49.4 Å².